The molecule has 2 rings (SSSR count). The second-order valence-electron chi connectivity index (χ2n) is 5.66. The summed E-state index contributed by atoms with van der Waals surface area (Å²) in [5.74, 6) is 0.0245. The van der Waals surface area contributed by atoms with Crippen molar-refractivity contribution in [1.82, 2.24) is 5.32 Å². The minimum atomic E-state index is 0.0245. The lowest BCUT2D eigenvalue weighted by molar-refractivity contribution is 0.0952. The van der Waals surface area contributed by atoms with Crippen molar-refractivity contribution >= 4 is 5.91 Å². The zero-order valence-electron chi connectivity index (χ0n) is 13.1. The molecule has 0 aliphatic carbocycles. The van der Waals surface area contributed by atoms with Crippen LogP contribution in [0.4, 0.5) is 0 Å². The minimum absolute atomic E-state index is 0.0245. The van der Waals surface area contributed by atoms with E-state index in [1.807, 2.05) is 32.0 Å². The molecule has 0 fully saturated rings. The Bertz CT molecular complexity index is 614. The Labute approximate surface area is 127 Å². The molecule has 2 nitrogen and oxygen atoms in total. The Balaban J connectivity index is 1.80. The summed E-state index contributed by atoms with van der Waals surface area (Å²) in [5, 5.41) is 3.00. The van der Waals surface area contributed by atoms with Gasteiger partial charge in [-0.25, -0.2) is 0 Å². The SMILES string of the molecule is Cc1ccc(CCCNC(=O)c2ccc(C)cc2C)cc1. The third-order valence-corrected chi connectivity index (χ3v) is 3.67. The van der Waals surface area contributed by atoms with Crippen LogP contribution in [0.2, 0.25) is 0 Å². The summed E-state index contributed by atoms with van der Waals surface area (Å²) < 4.78 is 0. The first-order valence-electron chi connectivity index (χ1n) is 7.47. The monoisotopic (exact) mass is 281 g/mol. The highest BCUT2D eigenvalue weighted by Crippen LogP contribution is 2.10. The van der Waals surface area contributed by atoms with Gasteiger partial charge >= 0.3 is 0 Å². The van der Waals surface area contributed by atoms with Gasteiger partial charge in [-0.2, -0.15) is 0 Å². The van der Waals surface area contributed by atoms with Crippen molar-refractivity contribution in [2.75, 3.05) is 6.54 Å². The van der Waals surface area contributed by atoms with Crippen LogP contribution in [0.25, 0.3) is 0 Å². The van der Waals surface area contributed by atoms with E-state index >= 15 is 0 Å². The van der Waals surface area contributed by atoms with Crippen molar-refractivity contribution in [2.45, 2.75) is 33.6 Å². The first-order valence-corrected chi connectivity index (χ1v) is 7.47. The number of amides is 1. The molecule has 0 aliphatic heterocycles. The molecule has 21 heavy (non-hydrogen) atoms. The van der Waals surface area contributed by atoms with Crippen LogP contribution in [0.15, 0.2) is 42.5 Å². The average molecular weight is 281 g/mol. The molecular weight excluding hydrogens is 258 g/mol. The molecule has 110 valence electrons. The fourth-order valence-corrected chi connectivity index (χ4v) is 2.41. The zero-order chi connectivity index (χ0) is 15.2. The Morgan fingerprint density at radius 2 is 1.62 bits per heavy atom. The van der Waals surface area contributed by atoms with E-state index in [0.29, 0.717) is 6.54 Å². The normalized spacial score (nSPS) is 10.4. The largest absolute Gasteiger partial charge is 0.352 e. The molecule has 2 heteroatoms. The number of nitrogens with one attached hydrogen (secondary N) is 1. The third kappa shape index (κ3) is 4.45. The van der Waals surface area contributed by atoms with Crippen LogP contribution in [-0.2, 0) is 6.42 Å². The van der Waals surface area contributed by atoms with Crippen LogP contribution in [0.1, 0.15) is 39.0 Å². The van der Waals surface area contributed by atoms with Gasteiger partial charge in [0.2, 0.25) is 0 Å². The summed E-state index contributed by atoms with van der Waals surface area (Å²) in [6.45, 7) is 6.82. The fourth-order valence-electron chi connectivity index (χ4n) is 2.41. The van der Waals surface area contributed by atoms with Crippen LogP contribution in [-0.4, -0.2) is 12.5 Å². The van der Waals surface area contributed by atoms with E-state index in [1.54, 1.807) is 0 Å². The van der Waals surface area contributed by atoms with Gasteiger partial charge in [0, 0.05) is 12.1 Å². The van der Waals surface area contributed by atoms with Gasteiger partial charge in [0.25, 0.3) is 5.91 Å². The molecule has 0 atom stereocenters. The van der Waals surface area contributed by atoms with E-state index in [9.17, 15) is 4.79 Å². The molecule has 1 amide bonds. The molecule has 2 aromatic carbocycles. The fraction of sp³-hybridized carbons (Fsp3) is 0.316. The van der Waals surface area contributed by atoms with Gasteiger partial charge in [0.05, 0.1) is 0 Å². The molecule has 0 spiro atoms. The molecule has 1 N–H and O–H groups in total. The smallest absolute Gasteiger partial charge is 0.251 e. The molecule has 0 aliphatic rings. The number of carbonyl (C=O) groups excluding carboxylic acids is 1. The lowest BCUT2D eigenvalue weighted by Crippen LogP contribution is -2.25. The average Bonchev–Trinajstić information content (AvgIpc) is 2.45. The molecule has 0 radical (unpaired) electrons. The van der Waals surface area contributed by atoms with Crippen LogP contribution in [0.3, 0.4) is 0 Å². The lowest BCUT2D eigenvalue weighted by Gasteiger charge is -2.08. The molecule has 0 saturated heterocycles. The van der Waals surface area contributed by atoms with Gasteiger partial charge in [-0.05, 0) is 50.8 Å². The van der Waals surface area contributed by atoms with Gasteiger partial charge in [0.15, 0.2) is 0 Å². The number of benzene rings is 2. The zero-order valence-corrected chi connectivity index (χ0v) is 13.1. The molecule has 0 saturated carbocycles. The summed E-state index contributed by atoms with van der Waals surface area (Å²) in [6.07, 6.45) is 1.95. The Hall–Kier alpha value is -2.09. The second kappa shape index (κ2) is 7.07. The Kier molecular flexibility index (Phi) is 5.15. The van der Waals surface area contributed by atoms with E-state index < -0.39 is 0 Å². The van der Waals surface area contributed by atoms with Gasteiger partial charge in [-0.15, -0.1) is 0 Å². The van der Waals surface area contributed by atoms with Crippen LogP contribution in [0.5, 0.6) is 0 Å². The summed E-state index contributed by atoms with van der Waals surface area (Å²) in [4.78, 5) is 12.1. The van der Waals surface area contributed by atoms with Gasteiger partial charge in [-0.1, -0.05) is 47.5 Å². The van der Waals surface area contributed by atoms with E-state index in [0.717, 1.165) is 24.0 Å². The van der Waals surface area contributed by atoms with Crippen molar-refractivity contribution in [3.63, 3.8) is 0 Å². The van der Waals surface area contributed by atoms with Crippen molar-refractivity contribution < 1.29 is 4.79 Å². The van der Waals surface area contributed by atoms with Crippen LogP contribution >= 0.6 is 0 Å². The van der Waals surface area contributed by atoms with Crippen LogP contribution < -0.4 is 5.32 Å². The summed E-state index contributed by atoms with van der Waals surface area (Å²) in [6, 6.07) is 14.5. The van der Waals surface area contributed by atoms with Gasteiger partial charge in [0.1, 0.15) is 0 Å². The van der Waals surface area contributed by atoms with Crippen molar-refractivity contribution in [2.24, 2.45) is 0 Å². The number of hydrogen-bond acceptors (Lipinski definition) is 1. The van der Waals surface area contributed by atoms with E-state index in [-0.39, 0.29) is 5.91 Å². The van der Waals surface area contributed by atoms with Gasteiger partial charge in [-0.3, -0.25) is 4.79 Å². The number of rotatable bonds is 5. The summed E-state index contributed by atoms with van der Waals surface area (Å²) >= 11 is 0. The Morgan fingerprint density at radius 3 is 2.29 bits per heavy atom. The molecule has 0 unspecified atom stereocenters. The topological polar surface area (TPSA) is 29.1 Å². The summed E-state index contributed by atoms with van der Waals surface area (Å²) in [7, 11) is 0. The first kappa shape index (κ1) is 15.3. The highest BCUT2D eigenvalue weighted by atomic mass is 16.1. The Morgan fingerprint density at radius 1 is 0.952 bits per heavy atom. The van der Waals surface area contributed by atoms with Gasteiger partial charge < -0.3 is 5.32 Å². The van der Waals surface area contributed by atoms with Crippen molar-refractivity contribution in [3.8, 4) is 0 Å². The quantitative estimate of drug-likeness (QED) is 0.825. The van der Waals surface area contributed by atoms with Crippen LogP contribution in [0, 0.1) is 20.8 Å². The highest BCUT2D eigenvalue weighted by molar-refractivity contribution is 5.95. The number of carbonyl (C=O) groups is 1. The van der Waals surface area contributed by atoms with Crippen molar-refractivity contribution in [3.05, 3.63) is 70.3 Å². The maximum absolute atomic E-state index is 12.1. The molecule has 0 heterocycles. The van der Waals surface area contributed by atoms with E-state index in [1.165, 1.54) is 16.7 Å². The lowest BCUT2D eigenvalue weighted by atomic mass is 10.0. The van der Waals surface area contributed by atoms with E-state index in [2.05, 4.69) is 36.5 Å². The summed E-state index contributed by atoms with van der Waals surface area (Å²) in [5.41, 5.74) is 5.59. The van der Waals surface area contributed by atoms with Crippen molar-refractivity contribution in [1.29, 1.82) is 0 Å². The number of aryl methyl sites for hydroxylation is 4. The molecule has 0 aromatic heterocycles. The maximum atomic E-state index is 12.1. The standard InChI is InChI=1S/C19H23NO/c1-14-6-9-17(10-7-14)5-4-12-20-19(21)18-11-8-15(2)13-16(18)3/h6-11,13H,4-5,12H2,1-3H3,(H,20,21). The number of hydrogen-bond donors (Lipinski definition) is 1. The predicted octanol–water partition coefficient (Wildman–Crippen LogP) is 3.97. The third-order valence-electron chi connectivity index (χ3n) is 3.67. The highest BCUT2D eigenvalue weighted by Gasteiger charge is 2.07. The predicted molar refractivity (Wildman–Crippen MR) is 87.7 cm³/mol. The molecule has 2 aromatic rings. The second-order valence-corrected chi connectivity index (χ2v) is 5.66. The first-order chi connectivity index (χ1) is 10.1. The van der Waals surface area contributed by atoms with E-state index in [4.69, 9.17) is 0 Å². The molecule has 0 bridgehead atoms. The molecular formula is C19H23NO. The minimum Gasteiger partial charge on any atom is -0.352 e. The maximum Gasteiger partial charge on any atom is 0.251 e.